The highest BCUT2D eigenvalue weighted by Crippen LogP contribution is 2.41. The number of thioether (sulfide) groups is 1. The van der Waals surface area contributed by atoms with Gasteiger partial charge in [-0.2, -0.15) is 0 Å². The van der Waals surface area contributed by atoms with Gasteiger partial charge in [0.15, 0.2) is 12.1 Å². The average Bonchev–Trinajstić information content (AvgIpc) is 3.75. The molecule has 1 saturated heterocycles. The maximum atomic E-state index is 13.1. The molecule has 1 aliphatic rings. The molecule has 6 aromatic carbocycles. The molecule has 8 aromatic rings. The van der Waals surface area contributed by atoms with Gasteiger partial charge in [-0.3, -0.25) is 9.78 Å². The Hall–Kier alpha value is -6.43. The molecular formula is C49H40N4O5S. The smallest absolute Gasteiger partial charge is 0.271 e. The van der Waals surface area contributed by atoms with Crippen molar-refractivity contribution in [1.29, 1.82) is 0 Å². The van der Waals surface area contributed by atoms with Crippen molar-refractivity contribution in [3.05, 3.63) is 192 Å². The molecule has 59 heavy (non-hydrogen) atoms. The van der Waals surface area contributed by atoms with Crippen LogP contribution in [0.2, 0.25) is 0 Å². The quantitative estimate of drug-likeness (QED) is 0.116. The van der Waals surface area contributed by atoms with Crippen LogP contribution in [-0.2, 0) is 22.6 Å². The number of benzene rings is 6. The number of ether oxygens (including phenoxy) is 2. The fourth-order valence-corrected chi connectivity index (χ4v) is 8.08. The zero-order valence-electron chi connectivity index (χ0n) is 32.0. The Balaban J connectivity index is 0.930. The molecule has 1 amide bonds. The van der Waals surface area contributed by atoms with Crippen LogP contribution in [0.15, 0.2) is 174 Å². The Morgan fingerprint density at radius 3 is 2.14 bits per heavy atom. The number of oxazole rings is 1. The Labute approximate surface area is 346 Å². The minimum Gasteiger partial charge on any atom is -0.431 e. The number of hydrogen-bond acceptors (Lipinski definition) is 9. The van der Waals surface area contributed by atoms with Crippen molar-refractivity contribution in [1.82, 2.24) is 20.3 Å². The van der Waals surface area contributed by atoms with E-state index in [1.165, 1.54) is 18.0 Å². The molecule has 1 aliphatic heterocycles. The number of aromatic nitrogens is 3. The number of carbonyl (C=O) groups excluding carboxylic acids is 1. The highest BCUT2D eigenvalue weighted by molar-refractivity contribution is 7.99. The van der Waals surface area contributed by atoms with Gasteiger partial charge in [0.05, 0.1) is 36.0 Å². The normalized spacial score (nSPS) is 16.5. The van der Waals surface area contributed by atoms with E-state index in [4.69, 9.17) is 18.9 Å². The van der Waals surface area contributed by atoms with Crippen LogP contribution < -0.4 is 5.32 Å². The number of aliphatic hydroxyl groups excluding tert-OH is 1. The fourth-order valence-electron chi connectivity index (χ4n) is 7.23. The number of amides is 1. The first-order chi connectivity index (χ1) is 29.1. The first kappa shape index (κ1) is 38.1. The van der Waals surface area contributed by atoms with Crippen molar-refractivity contribution < 1.29 is 23.8 Å². The van der Waals surface area contributed by atoms with Crippen molar-refractivity contribution >= 4 is 28.7 Å². The molecule has 3 atom stereocenters. The van der Waals surface area contributed by atoms with Gasteiger partial charge in [0.25, 0.3) is 11.1 Å². The summed E-state index contributed by atoms with van der Waals surface area (Å²) in [5.41, 5.74) is 10.1. The summed E-state index contributed by atoms with van der Waals surface area (Å²) >= 11 is 1.53. The summed E-state index contributed by atoms with van der Waals surface area (Å²) in [6.45, 7) is 0.296. The van der Waals surface area contributed by atoms with E-state index in [1.807, 2.05) is 146 Å². The number of fused-ring (bicyclic) bond motifs is 1. The zero-order chi connectivity index (χ0) is 40.0. The lowest BCUT2D eigenvalue weighted by Gasteiger charge is -2.36. The lowest BCUT2D eigenvalue weighted by atomic mass is 9.97. The zero-order valence-corrected chi connectivity index (χ0v) is 32.8. The number of hydrogen-bond donors (Lipinski definition) is 2. The minimum absolute atomic E-state index is 0.0239. The van der Waals surface area contributed by atoms with Crippen LogP contribution in [0.3, 0.4) is 0 Å². The molecule has 2 aromatic heterocycles. The maximum absolute atomic E-state index is 13.1. The van der Waals surface area contributed by atoms with Crippen LogP contribution in [0.4, 0.5) is 0 Å². The topological polar surface area (TPSA) is 120 Å². The summed E-state index contributed by atoms with van der Waals surface area (Å²) in [7, 11) is 0. The van der Waals surface area contributed by atoms with Gasteiger partial charge in [0.1, 0.15) is 11.4 Å². The van der Waals surface area contributed by atoms with Crippen molar-refractivity contribution in [2.24, 2.45) is 0 Å². The van der Waals surface area contributed by atoms with Crippen LogP contribution in [-0.4, -0.2) is 37.8 Å². The Bertz CT molecular complexity index is 2620. The van der Waals surface area contributed by atoms with E-state index in [0.717, 1.165) is 61.5 Å². The lowest BCUT2D eigenvalue weighted by molar-refractivity contribution is -0.245. The molecule has 0 unspecified atom stereocenters. The molecule has 3 heterocycles. The van der Waals surface area contributed by atoms with E-state index in [2.05, 4.69) is 27.4 Å². The number of nitrogens with one attached hydrogen (secondary N) is 1. The SMILES string of the molecule is O=C(NCc1ccccc1-c1ccc([C@@H]2O[C@H](CSc3nc(-c4ccccc4)c(-c4ccccc4)o3)C[C@H](c3ccc(CO)cc3)O2)cc1)c1cnc2ccccc2n1. The lowest BCUT2D eigenvalue weighted by Crippen LogP contribution is -2.31. The molecule has 0 radical (unpaired) electrons. The summed E-state index contributed by atoms with van der Waals surface area (Å²) in [5, 5.41) is 13.3. The molecule has 9 rings (SSSR count). The Morgan fingerprint density at radius 1 is 0.695 bits per heavy atom. The van der Waals surface area contributed by atoms with Gasteiger partial charge in [0, 0.05) is 35.4 Å². The molecule has 0 bridgehead atoms. The van der Waals surface area contributed by atoms with Gasteiger partial charge in [-0.1, -0.05) is 157 Å². The van der Waals surface area contributed by atoms with Gasteiger partial charge >= 0.3 is 0 Å². The Kier molecular flexibility index (Phi) is 11.4. The van der Waals surface area contributed by atoms with Gasteiger partial charge in [-0.05, 0) is 39.9 Å². The van der Waals surface area contributed by atoms with Crippen molar-refractivity contribution in [2.45, 2.75) is 43.3 Å². The monoisotopic (exact) mass is 796 g/mol. The Morgan fingerprint density at radius 2 is 1.37 bits per heavy atom. The molecule has 10 heteroatoms. The largest absolute Gasteiger partial charge is 0.431 e. The number of nitrogens with zero attached hydrogens (tertiary/aromatic N) is 3. The maximum Gasteiger partial charge on any atom is 0.271 e. The third-order valence-corrected chi connectivity index (χ3v) is 11.3. The molecule has 2 N–H and O–H groups in total. The summed E-state index contributed by atoms with van der Waals surface area (Å²) in [6.07, 6.45) is 1.07. The third-order valence-electron chi connectivity index (χ3n) is 10.3. The summed E-state index contributed by atoms with van der Waals surface area (Å²) < 4.78 is 19.8. The second kappa shape index (κ2) is 17.6. The van der Waals surface area contributed by atoms with E-state index < -0.39 is 6.29 Å². The summed E-state index contributed by atoms with van der Waals surface area (Å²) in [6, 6.07) is 51.7. The fraction of sp³-hybridized carbons (Fsp3) is 0.143. The third kappa shape index (κ3) is 8.72. The number of rotatable bonds is 12. The van der Waals surface area contributed by atoms with Crippen molar-refractivity contribution in [3.8, 4) is 33.7 Å². The molecule has 9 nitrogen and oxygen atoms in total. The van der Waals surface area contributed by atoms with Gasteiger partial charge in [-0.15, -0.1) is 0 Å². The first-order valence-electron chi connectivity index (χ1n) is 19.5. The molecule has 0 spiro atoms. The minimum atomic E-state index is -0.632. The molecule has 0 saturated carbocycles. The predicted molar refractivity (Wildman–Crippen MR) is 229 cm³/mol. The molecule has 292 valence electrons. The van der Waals surface area contributed by atoms with Crippen LogP contribution in [0, 0.1) is 0 Å². The van der Waals surface area contributed by atoms with Crippen molar-refractivity contribution in [3.63, 3.8) is 0 Å². The second-order valence-electron chi connectivity index (χ2n) is 14.3. The van der Waals surface area contributed by atoms with E-state index in [0.29, 0.717) is 29.5 Å². The van der Waals surface area contributed by atoms with Crippen LogP contribution in [0.25, 0.3) is 44.7 Å². The molecule has 1 fully saturated rings. The second-order valence-corrected chi connectivity index (χ2v) is 15.2. The number of carbonyl (C=O) groups is 1. The van der Waals surface area contributed by atoms with E-state index in [9.17, 15) is 9.90 Å². The van der Waals surface area contributed by atoms with Crippen molar-refractivity contribution in [2.75, 3.05) is 5.75 Å². The van der Waals surface area contributed by atoms with E-state index in [-0.39, 0.29) is 30.4 Å². The standard InChI is InChI=1S/C49H40N4O5S/c54-30-32-19-21-34(22-20-32)44-27-39(31-59-49-53-45(35-11-3-1-4-12-35)46(58-49)36-13-5-2-6-14-36)56-48(57-44)37-25-23-33(24-26-37)40-16-8-7-15-38(40)28-51-47(55)43-29-50-41-17-9-10-18-42(41)52-43/h1-26,29,39,44,48,54H,27-28,30-31H2,(H,51,55)/t39-,44+,48+/m0/s1. The van der Waals surface area contributed by atoms with Crippen LogP contribution >= 0.6 is 11.8 Å². The highest BCUT2D eigenvalue weighted by atomic mass is 32.2. The molecular weight excluding hydrogens is 757 g/mol. The highest BCUT2D eigenvalue weighted by Gasteiger charge is 2.33. The van der Waals surface area contributed by atoms with Gasteiger partial charge < -0.3 is 24.3 Å². The van der Waals surface area contributed by atoms with E-state index in [1.54, 1.807) is 0 Å². The van der Waals surface area contributed by atoms with Gasteiger partial charge in [0.2, 0.25) is 0 Å². The first-order valence-corrected chi connectivity index (χ1v) is 20.5. The van der Waals surface area contributed by atoms with Crippen LogP contribution in [0.5, 0.6) is 0 Å². The van der Waals surface area contributed by atoms with Gasteiger partial charge in [-0.25, -0.2) is 9.97 Å². The number of aliphatic hydroxyl groups is 1. The summed E-state index contributed by atoms with van der Waals surface area (Å²) in [4.78, 5) is 27.0. The summed E-state index contributed by atoms with van der Waals surface area (Å²) in [5.74, 6) is 1.04. The average molecular weight is 797 g/mol. The predicted octanol–water partition coefficient (Wildman–Crippen LogP) is 10.4. The van der Waals surface area contributed by atoms with E-state index >= 15 is 0 Å². The molecule has 0 aliphatic carbocycles. The van der Waals surface area contributed by atoms with Crippen LogP contribution in [0.1, 0.15) is 51.6 Å². The number of para-hydroxylation sites is 2.